The first-order chi connectivity index (χ1) is 12.6. The van der Waals surface area contributed by atoms with Crippen LogP contribution in [-0.2, 0) is 17.8 Å². The van der Waals surface area contributed by atoms with Crippen molar-refractivity contribution in [1.29, 1.82) is 0 Å². The lowest BCUT2D eigenvalue weighted by molar-refractivity contribution is -0.142. The number of amides is 1. The maximum Gasteiger partial charge on any atom is 0.326 e. The van der Waals surface area contributed by atoms with Crippen LogP contribution in [0.15, 0.2) is 61.2 Å². The van der Waals surface area contributed by atoms with Gasteiger partial charge in [0.25, 0.3) is 5.91 Å². The SMILES string of the molecule is O=C(O)C1Cc2ccccc2CN1C(=O)c1ccc(-n2cncn2)cc1. The highest BCUT2D eigenvalue weighted by Gasteiger charge is 2.34. The van der Waals surface area contributed by atoms with Crippen LogP contribution in [0.2, 0.25) is 0 Å². The molecule has 0 saturated carbocycles. The Bertz CT molecular complexity index is 951. The van der Waals surface area contributed by atoms with E-state index >= 15 is 0 Å². The molecule has 130 valence electrons. The first-order valence-corrected chi connectivity index (χ1v) is 8.19. The average Bonchev–Trinajstić information content (AvgIpc) is 3.21. The summed E-state index contributed by atoms with van der Waals surface area (Å²) in [6.45, 7) is 0.288. The molecule has 0 saturated heterocycles. The molecule has 4 rings (SSSR count). The Balaban J connectivity index is 1.63. The highest BCUT2D eigenvalue weighted by molar-refractivity contribution is 5.97. The number of fused-ring (bicyclic) bond motifs is 1. The van der Waals surface area contributed by atoms with Crippen LogP contribution in [0, 0.1) is 0 Å². The van der Waals surface area contributed by atoms with E-state index in [4.69, 9.17) is 0 Å². The molecular weight excluding hydrogens is 332 g/mol. The zero-order valence-corrected chi connectivity index (χ0v) is 13.8. The molecule has 0 radical (unpaired) electrons. The Kier molecular flexibility index (Phi) is 3.96. The molecule has 1 aliphatic heterocycles. The second-order valence-electron chi connectivity index (χ2n) is 6.15. The molecule has 1 N–H and O–H groups in total. The van der Waals surface area contributed by atoms with Crippen LogP contribution >= 0.6 is 0 Å². The molecule has 26 heavy (non-hydrogen) atoms. The molecule has 2 heterocycles. The van der Waals surface area contributed by atoms with Crippen molar-refractivity contribution >= 4 is 11.9 Å². The van der Waals surface area contributed by atoms with Gasteiger partial charge in [-0.2, -0.15) is 5.10 Å². The van der Waals surface area contributed by atoms with Crippen molar-refractivity contribution in [3.8, 4) is 5.69 Å². The van der Waals surface area contributed by atoms with Gasteiger partial charge in [0.2, 0.25) is 0 Å². The quantitative estimate of drug-likeness (QED) is 0.781. The number of hydrogen-bond donors (Lipinski definition) is 1. The van der Waals surface area contributed by atoms with Crippen molar-refractivity contribution in [1.82, 2.24) is 19.7 Å². The highest BCUT2D eigenvalue weighted by atomic mass is 16.4. The van der Waals surface area contributed by atoms with Crippen LogP contribution in [0.1, 0.15) is 21.5 Å². The van der Waals surface area contributed by atoms with E-state index in [2.05, 4.69) is 10.1 Å². The summed E-state index contributed by atoms with van der Waals surface area (Å²) in [6, 6.07) is 13.6. The largest absolute Gasteiger partial charge is 0.480 e. The van der Waals surface area contributed by atoms with Crippen molar-refractivity contribution < 1.29 is 14.7 Å². The molecule has 0 fully saturated rings. The van der Waals surface area contributed by atoms with Gasteiger partial charge < -0.3 is 10.0 Å². The zero-order chi connectivity index (χ0) is 18.1. The predicted octanol–water partition coefficient (Wildman–Crippen LogP) is 1.92. The van der Waals surface area contributed by atoms with Crippen LogP contribution in [0.25, 0.3) is 5.69 Å². The molecule has 2 aromatic carbocycles. The summed E-state index contributed by atoms with van der Waals surface area (Å²) < 4.78 is 1.59. The van der Waals surface area contributed by atoms with E-state index in [9.17, 15) is 14.7 Å². The number of carbonyl (C=O) groups is 2. The molecule has 7 nitrogen and oxygen atoms in total. The first kappa shape index (κ1) is 16.0. The Morgan fingerprint density at radius 1 is 1.04 bits per heavy atom. The van der Waals surface area contributed by atoms with E-state index in [0.29, 0.717) is 12.0 Å². The standard InChI is InChI=1S/C19H16N4O3/c24-18(13-5-7-16(8-6-13)23-12-20-11-21-23)22-10-15-4-2-1-3-14(15)9-17(22)19(25)26/h1-8,11-12,17H,9-10H2,(H,25,26). The van der Waals surface area contributed by atoms with Crippen molar-refractivity contribution in [3.63, 3.8) is 0 Å². The Morgan fingerprint density at radius 3 is 2.42 bits per heavy atom. The van der Waals surface area contributed by atoms with E-state index in [1.807, 2.05) is 24.3 Å². The molecule has 1 amide bonds. The second kappa shape index (κ2) is 6.44. The molecule has 0 spiro atoms. The van der Waals surface area contributed by atoms with Crippen molar-refractivity contribution in [2.45, 2.75) is 19.0 Å². The molecule has 1 aliphatic rings. The smallest absolute Gasteiger partial charge is 0.326 e. The molecule has 1 aromatic heterocycles. The molecule has 1 unspecified atom stereocenters. The number of nitrogens with zero attached hydrogens (tertiary/aromatic N) is 4. The van der Waals surface area contributed by atoms with Gasteiger partial charge in [0.05, 0.1) is 5.69 Å². The van der Waals surface area contributed by atoms with E-state index in [1.165, 1.54) is 11.2 Å². The number of benzene rings is 2. The molecular formula is C19H16N4O3. The summed E-state index contributed by atoms with van der Waals surface area (Å²) in [4.78, 5) is 30.0. The van der Waals surface area contributed by atoms with E-state index in [1.54, 1.807) is 35.3 Å². The van der Waals surface area contributed by atoms with Crippen LogP contribution in [0.4, 0.5) is 0 Å². The fourth-order valence-corrected chi connectivity index (χ4v) is 3.22. The number of carboxylic acid groups (broad SMARTS) is 1. The highest BCUT2D eigenvalue weighted by Crippen LogP contribution is 2.25. The zero-order valence-electron chi connectivity index (χ0n) is 13.8. The Hall–Kier alpha value is -3.48. The number of carboxylic acids is 1. The summed E-state index contributed by atoms with van der Waals surface area (Å²) in [5, 5.41) is 13.6. The number of aliphatic carboxylic acids is 1. The monoisotopic (exact) mass is 348 g/mol. The van der Waals surface area contributed by atoms with Gasteiger partial charge in [0.15, 0.2) is 0 Å². The minimum Gasteiger partial charge on any atom is -0.480 e. The first-order valence-electron chi connectivity index (χ1n) is 8.19. The molecule has 7 heteroatoms. The molecule has 1 atom stereocenters. The summed E-state index contributed by atoms with van der Waals surface area (Å²) >= 11 is 0. The van der Waals surface area contributed by atoms with Crippen molar-refractivity contribution in [2.24, 2.45) is 0 Å². The van der Waals surface area contributed by atoms with E-state index in [-0.39, 0.29) is 12.5 Å². The van der Waals surface area contributed by atoms with Gasteiger partial charge >= 0.3 is 5.97 Å². The van der Waals surface area contributed by atoms with Gasteiger partial charge in [0.1, 0.15) is 18.7 Å². The van der Waals surface area contributed by atoms with Crippen LogP contribution < -0.4 is 0 Å². The van der Waals surface area contributed by atoms with Crippen LogP contribution in [0.3, 0.4) is 0 Å². The maximum absolute atomic E-state index is 13.0. The number of carbonyl (C=O) groups excluding carboxylic acids is 1. The Labute approximate surface area is 149 Å². The van der Waals surface area contributed by atoms with Crippen molar-refractivity contribution in [2.75, 3.05) is 0 Å². The lowest BCUT2D eigenvalue weighted by Crippen LogP contribution is -2.48. The lowest BCUT2D eigenvalue weighted by atomic mass is 9.93. The van der Waals surface area contributed by atoms with Gasteiger partial charge in [0, 0.05) is 18.5 Å². The Morgan fingerprint density at radius 2 is 1.77 bits per heavy atom. The number of aromatic nitrogens is 3. The molecule has 0 aliphatic carbocycles. The number of hydrogen-bond acceptors (Lipinski definition) is 4. The fourth-order valence-electron chi connectivity index (χ4n) is 3.22. The molecule has 3 aromatic rings. The molecule has 0 bridgehead atoms. The second-order valence-corrected chi connectivity index (χ2v) is 6.15. The summed E-state index contributed by atoms with van der Waals surface area (Å²) in [6.07, 6.45) is 3.31. The minimum atomic E-state index is -0.993. The summed E-state index contributed by atoms with van der Waals surface area (Å²) in [7, 11) is 0. The van der Waals surface area contributed by atoms with Gasteiger partial charge in [-0.15, -0.1) is 0 Å². The van der Waals surface area contributed by atoms with E-state index in [0.717, 1.165) is 16.8 Å². The third kappa shape index (κ3) is 2.83. The van der Waals surface area contributed by atoms with Gasteiger partial charge in [-0.3, -0.25) is 4.79 Å². The normalized spacial score (nSPS) is 16.2. The summed E-state index contributed by atoms with van der Waals surface area (Å²) in [5.41, 5.74) is 3.18. The lowest BCUT2D eigenvalue weighted by Gasteiger charge is -2.34. The van der Waals surface area contributed by atoms with Gasteiger partial charge in [-0.05, 0) is 35.4 Å². The number of rotatable bonds is 3. The van der Waals surface area contributed by atoms with Gasteiger partial charge in [-0.25, -0.2) is 14.5 Å². The van der Waals surface area contributed by atoms with E-state index < -0.39 is 12.0 Å². The maximum atomic E-state index is 13.0. The average molecular weight is 348 g/mol. The third-order valence-corrected chi connectivity index (χ3v) is 4.59. The minimum absolute atomic E-state index is 0.288. The van der Waals surface area contributed by atoms with Crippen molar-refractivity contribution in [3.05, 3.63) is 77.9 Å². The predicted molar refractivity (Wildman–Crippen MR) is 92.8 cm³/mol. The topological polar surface area (TPSA) is 88.3 Å². The van der Waals surface area contributed by atoms with Gasteiger partial charge in [-0.1, -0.05) is 24.3 Å². The fraction of sp³-hybridized carbons (Fsp3) is 0.158. The van der Waals surface area contributed by atoms with Crippen LogP contribution in [-0.4, -0.2) is 42.7 Å². The third-order valence-electron chi connectivity index (χ3n) is 4.59. The summed E-state index contributed by atoms with van der Waals surface area (Å²) in [5.74, 6) is -1.29. The van der Waals surface area contributed by atoms with Crippen LogP contribution in [0.5, 0.6) is 0 Å².